The molecule has 1 heterocycles. The minimum Gasteiger partial charge on any atom is -0.444 e. The van der Waals surface area contributed by atoms with E-state index in [1.807, 2.05) is 18.2 Å². The van der Waals surface area contributed by atoms with E-state index in [-0.39, 0.29) is 25.7 Å². The van der Waals surface area contributed by atoms with Crippen LogP contribution in [-0.2, 0) is 15.9 Å². The third-order valence-electron chi connectivity index (χ3n) is 6.90. The fourth-order valence-corrected chi connectivity index (χ4v) is 5.05. The van der Waals surface area contributed by atoms with Gasteiger partial charge < -0.3 is 14.6 Å². The second kappa shape index (κ2) is 12.0. The number of hydrogen-bond donors (Lipinski definition) is 1. The van der Waals surface area contributed by atoms with Crippen molar-refractivity contribution in [1.82, 2.24) is 4.90 Å². The molecule has 0 spiro atoms. The molecule has 34 heavy (non-hydrogen) atoms. The predicted octanol–water partition coefficient (Wildman–Crippen LogP) is 4.60. The summed E-state index contributed by atoms with van der Waals surface area (Å²) in [4.78, 5) is 26.0. The van der Waals surface area contributed by atoms with Gasteiger partial charge in [-0.2, -0.15) is 0 Å². The van der Waals surface area contributed by atoms with E-state index in [0.717, 1.165) is 18.4 Å². The van der Waals surface area contributed by atoms with Crippen LogP contribution < -0.4 is 0 Å². The van der Waals surface area contributed by atoms with E-state index in [9.17, 15) is 20.0 Å². The van der Waals surface area contributed by atoms with Crippen LogP contribution in [0.1, 0.15) is 71.3 Å². The molecule has 1 aliphatic heterocycles. The van der Waals surface area contributed by atoms with E-state index < -0.39 is 34.8 Å². The van der Waals surface area contributed by atoms with Gasteiger partial charge in [-0.1, -0.05) is 62.4 Å². The summed E-state index contributed by atoms with van der Waals surface area (Å²) in [5, 5.41) is 23.0. The van der Waals surface area contributed by atoms with E-state index in [1.165, 1.54) is 37.0 Å². The number of aliphatic hydroxyl groups is 1. The Morgan fingerprint density at radius 3 is 2.50 bits per heavy atom. The van der Waals surface area contributed by atoms with Crippen LogP contribution in [0.5, 0.6) is 0 Å². The van der Waals surface area contributed by atoms with Crippen molar-refractivity contribution in [1.29, 1.82) is 0 Å². The zero-order valence-corrected chi connectivity index (χ0v) is 20.7. The number of rotatable bonds is 8. The van der Waals surface area contributed by atoms with Gasteiger partial charge in [-0.15, -0.1) is 0 Å². The number of carbonyl (C=O) groups is 1. The number of benzene rings is 1. The number of amides is 1. The average Bonchev–Trinajstić information content (AvgIpc) is 2.80. The third kappa shape index (κ3) is 7.67. The first-order valence-electron chi connectivity index (χ1n) is 12.6. The molecule has 8 heteroatoms. The van der Waals surface area contributed by atoms with Crippen LogP contribution in [0.15, 0.2) is 30.3 Å². The van der Waals surface area contributed by atoms with Gasteiger partial charge in [0.1, 0.15) is 11.7 Å². The molecule has 1 aromatic carbocycles. The Labute approximate surface area is 202 Å². The molecule has 0 radical (unpaired) electrons. The summed E-state index contributed by atoms with van der Waals surface area (Å²) in [6, 6.07) is 6.95. The largest absolute Gasteiger partial charge is 0.444 e. The molecule has 0 aromatic heterocycles. The van der Waals surface area contributed by atoms with Gasteiger partial charge in [-0.25, -0.2) is 4.79 Å². The van der Waals surface area contributed by atoms with Crippen molar-refractivity contribution in [3.63, 3.8) is 0 Å². The van der Waals surface area contributed by atoms with Crippen LogP contribution in [0.25, 0.3) is 0 Å². The lowest BCUT2D eigenvalue weighted by molar-refractivity contribution is -0.536. The third-order valence-corrected chi connectivity index (χ3v) is 6.90. The number of morpholine rings is 1. The van der Waals surface area contributed by atoms with E-state index in [1.54, 1.807) is 32.9 Å². The number of nitro groups is 1. The number of nitrogens with zero attached hydrogens (tertiary/aromatic N) is 2. The summed E-state index contributed by atoms with van der Waals surface area (Å²) in [5.41, 5.74) is 0.0452. The molecule has 0 unspecified atom stereocenters. The molecule has 2 aliphatic rings. The summed E-state index contributed by atoms with van der Waals surface area (Å²) in [7, 11) is 0. The number of aliphatic hydroxyl groups excluding tert-OH is 1. The van der Waals surface area contributed by atoms with Gasteiger partial charge in [-0.3, -0.25) is 15.0 Å². The van der Waals surface area contributed by atoms with Crippen LogP contribution in [0, 0.1) is 16.0 Å². The first kappa shape index (κ1) is 26.4. The molecule has 1 saturated heterocycles. The number of hydrogen-bond acceptors (Lipinski definition) is 6. The van der Waals surface area contributed by atoms with Gasteiger partial charge in [0.2, 0.25) is 6.04 Å². The minimum atomic E-state index is -1.39. The molecule has 1 aliphatic carbocycles. The molecule has 1 amide bonds. The van der Waals surface area contributed by atoms with Gasteiger partial charge in [-0.05, 0) is 45.1 Å². The van der Waals surface area contributed by atoms with E-state index in [2.05, 4.69) is 0 Å². The van der Waals surface area contributed by atoms with Crippen molar-refractivity contribution in [2.45, 2.75) is 102 Å². The number of ether oxygens (including phenoxy) is 2. The van der Waals surface area contributed by atoms with E-state index in [4.69, 9.17) is 9.47 Å². The molecule has 1 N–H and O–H groups in total. The van der Waals surface area contributed by atoms with Gasteiger partial charge in [0.25, 0.3) is 0 Å². The zero-order chi connectivity index (χ0) is 24.7. The SMILES string of the molecule is CC(C)(C)OC(=O)N1C[C@H](CCC2CCCCC2)OC[C@@H]1[C@@H](O)[C@H](Cc1ccccc1)[N+](=O)[O-]. The lowest BCUT2D eigenvalue weighted by Gasteiger charge is -2.42. The van der Waals surface area contributed by atoms with Crippen LogP contribution in [0.4, 0.5) is 4.79 Å². The second-order valence-corrected chi connectivity index (χ2v) is 10.8. The van der Waals surface area contributed by atoms with E-state index in [0.29, 0.717) is 5.92 Å². The fourth-order valence-electron chi connectivity index (χ4n) is 5.05. The molecule has 1 saturated carbocycles. The summed E-state index contributed by atoms with van der Waals surface area (Å²) in [6.07, 6.45) is 6.17. The van der Waals surface area contributed by atoms with Gasteiger partial charge >= 0.3 is 6.09 Å². The van der Waals surface area contributed by atoms with E-state index >= 15 is 0 Å². The zero-order valence-electron chi connectivity index (χ0n) is 20.7. The lowest BCUT2D eigenvalue weighted by Crippen LogP contribution is -2.61. The topological polar surface area (TPSA) is 102 Å². The highest BCUT2D eigenvalue weighted by atomic mass is 16.6. The molecular formula is C26H40N2O6. The molecule has 0 bridgehead atoms. The molecule has 3 rings (SSSR count). The lowest BCUT2D eigenvalue weighted by atomic mass is 9.85. The Hall–Kier alpha value is -2.19. The quantitative estimate of drug-likeness (QED) is 0.435. The molecule has 8 nitrogen and oxygen atoms in total. The fraction of sp³-hybridized carbons (Fsp3) is 0.731. The van der Waals surface area contributed by atoms with Crippen molar-refractivity contribution in [3.05, 3.63) is 46.0 Å². The summed E-state index contributed by atoms with van der Waals surface area (Å²) in [6.45, 7) is 5.67. The minimum absolute atomic E-state index is 0.0505. The Morgan fingerprint density at radius 1 is 1.21 bits per heavy atom. The predicted molar refractivity (Wildman–Crippen MR) is 129 cm³/mol. The highest BCUT2D eigenvalue weighted by Gasteiger charge is 2.45. The summed E-state index contributed by atoms with van der Waals surface area (Å²) in [5.74, 6) is 0.695. The van der Waals surface area contributed by atoms with Crippen LogP contribution in [-0.4, -0.2) is 64.1 Å². The van der Waals surface area contributed by atoms with Crippen LogP contribution in [0.2, 0.25) is 0 Å². The van der Waals surface area contributed by atoms with Gasteiger partial charge in [0.15, 0.2) is 0 Å². The molecule has 190 valence electrons. The van der Waals surface area contributed by atoms with Crippen molar-refractivity contribution >= 4 is 6.09 Å². The molecule has 2 fully saturated rings. The smallest absolute Gasteiger partial charge is 0.410 e. The average molecular weight is 477 g/mol. The van der Waals surface area contributed by atoms with Crippen LogP contribution in [0.3, 0.4) is 0 Å². The molecule has 1 aromatic rings. The number of carbonyl (C=O) groups excluding carboxylic acids is 1. The van der Waals surface area contributed by atoms with Crippen LogP contribution >= 0.6 is 0 Å². The standard InChI is InChI=1S/C26H40N2O6/c1-26(2,3)34-25(30)27-17-21(15-14-19-10-6-4-7-11-19)33-18-23(27)24(29)22(28(31)32)16-20-12-8-5-9-13-20/h5,8-9,12-13,19,21-24,29H,4,6-7,10-11,14-18H2,1-3H3/t21-,22-,23+,24-/m0/s1. The van der Waals surface area contributed by atoms with Gasteiger partial charge in [0.05, 0.1) is 25.3 Å². The van der Waals surface area contributed by atoms with Crippen molar-refractivity contribution < 1.29 is 24.3 Å². The first-order chi connectivity index (χ1) is 16.1. The molecular weight excluding hydrogens is 436 g/mol. The first-order valence-corrected chi connectivity index (χ1v) is 12.6. The van der Waals surface area contributed by atoms with Gasteiger partial charge in [0, 0.05) is 11.3 Å². The second-order valence-electron chi connectivity index (χ2n) is 10.8. The Morgan fingerprint density at radius 2 is 1.88 bits per heavy atom. The maximum atomic E-state index is 13.1. The maximum Gasteiger partial charge on any atom is 0.410 e. The van der Waals surface area contributed by atoms with Crippen molar-refractivity contribution in [2.24, 2.45) is 5.92 Å². The Bertz CT molecular complexity index is 790. The Balaban J connectivity index is 1.72. The Kier molecular flexibility index (Phi) is 9.31. The maximum absolute atomic E-state index is 13.1. The van der Waals surface area contributed by atoms with Crippen molar-refractivity contribution in [2.75, 3.05) is 13.2 Å². The summed E-state index contributed by atoms with van der Waals surface area (Å²) < 4.78 is 11.7. The highest BCUT2D eigenvalue weighted by Crippen LogP contribution is 2.30. The monoisotopic (exact) mass is 476 g/mol. The summed E-state index contributed by atoms with van der Waals surface area (Å²) >= 11 is 0. The highest BCUT2D eigenvalue weighted by molar-refractivity contribution is 5.69. The normalized spacial score (nSPS) is 23.8. The van der Waals surface area contributed by atoms with Crippen molar-refractivity contribution in [3.8, 4) is 0 Å². The molecule has 4 atom stereocenters.